The van der Waals surface area contributed by atoms with E-state index in [0.717, 1.165) is 0 Å². The number of halogens is 1. The number of amides is 1. The van der Waals surface area contributed by atoms with E-state index in [-0.39, 0.29) is 18.3 Å². The number of carbonyl (C=O) groups excluding carboxylic acids is 1. The van der Waals surface area contributed by atoms with Crippen molar-refractivity contribution in [1.29, 1.82) is 0 Å². The van der Waals surface area contributed by atoms with Gasteiger partial charge in [-0.05, 0) is 36.4 Å². The second-order valence-corrected chi connectivity index (χ2v) is 5.49. The highest BCUT2D eigenvalue weighted by Crippen LogP contribution is 2.27. The monoisotopic (exact) mass is 328 g/mol. The van der Waals surface area contributed by atoms with Gasteiger partial charge in [0.05, 0.1) is 5.69 Å². The lowest BCUT2D eigenvalue weighted by Gasteiger charge is -2.20. The Morgan fingerprint density at radius 2 is 1.87 bits per heavy atom. The number of ether oxygens (including phenoxy) is 1. The first-order valence-corrected chi connectivity index (χ1v) is 7.78. The van der Waals surface area contributed by atoms with Crippen LogP contribution >= 0.6 is 11.3 Å². The third kappa shape index (κ3) is 3.73. The molecule has 0 radical (unpaired) electrons. The summed E-state index contributed by atoms with van der Waals surface area (Å²) in [4.78, 5) is 18.2. The van der Waals surface area contributed by atoms with Crippen LogP contribution in [0.3, 0.4) is 0 Å². The van der Waals surface area contributed by atoms with Crippen molar-refractivity contribution in [2.45, 2.75) is 0 Å². The van der Waals surface area contributed by atoms with E-state index >= 15 is 0 Å². The third-order valence-corrected chi connectivity index (χ3v) is 3.81. The number of rotatable bonds is 5. The zero-order valence-electron chi connectivity index (χ0n) is 12.1. The van der Waals surface area contributed by atoms with E-state index in [4.69, 9.17) is 4.74 Å². The van der Waals surface area contributed by atoms with Crippen LogP contribution in [0.15, 0.2) is 66.2 Å². The standard InChI is InChI=1S/C17H13FN2O2S/c18-13-6-8-14(9-7-13)20(17-19-10-11-23-17)16(21)12-22-15-4-2-1-3-5-15/h1-11H,12H2. The van der Waals surface area contributed by atoms with Gasteiger partial charge >= 0.3 is 0 Å². The quantitative estimate of drug-likeness (QED) is 0.710. The maximum Gasteiger partial charge on any atom is 0.271 e. The molecule has 1 amide bonds. The van der Waals surface area contributed by atoms with Crippen LogP contribution in [0.1, 0.15) is 0 Å². The minimum absolute atomic E-state index is 0.138. The lowest BCUT2D eigenvalue weighted by atomic mass is 10.3. The van der Waals surface area contributed by atoms with Gasteiger partial charge in [0, 0.05) is 11.6 Å². The molecule has 0 atom stereocenters. The number of carbonyl (C=O) groups is 1. The summed E-state index contributed by atoms with van der Waals surface area (Å²) in [5, 5.41) is 2.29. The van der Waals surface area contributed by atoms with Crippen LogP contribution in [0.4, 0.5) is 15.2 Å². The molecule has 3 rings (SSSR count). The number of hydrogen-bond acceptors (Lipinski definition) is 4. The van der Waals surface area contributed by atoms with Crippen molar-refractivity contribution in [3.05, 3.63) is 72.0 Å². The van der Waals surface area contributed by atoms with Gasteiger partial charge in [0.15, 0.2) is 11.7 Å². The maximum atomic E-state index is 13.1. The zero-order valence-corrected chi connectivity index (χ0v) is 12.9. The van der Waals surface area contributed by atoms with Crippen molar-refractivity contribution in [2.24, 2.45) is 0 Å². The average Bonchev–Trinajstić information content (AvgIpc) is 3.10. The molecule has 0 saturated carbocycles. The second-order valence-electron chi connectivity index (χ2n) is 4.62. The number of anilines is 2. The van der Waals surface area contributed by atoms with Gasteiger partial charge in [0.1, 0.15) is 11.6 Å². The van der Waals surface area contributed by atoms with Crippen molar-refractivity contribution < 1.29 is 13.9 Å². The highest BCUT2D eigenvalue weighted by atomic mass is 32.1. The Morgan fingerprint density at radius 3 is 2.52 bits per heavy atom. The molecule has 1 aromatic heterocycles. The Labute approximate surface area is 136 Å². The molecule has 0 N–H and O–H groups in total. The van der Waals surface area contributed by atoms with Gasteiger partial charge in [-0.15, -0.1) is 11.3 Å². The van der Waals surface area contributed by atoms with E-state index in [9.17, 15) is 9.18 Å². The zero-order chi connectivity index (χ0) is 16.1. The Balaban J connectivity index is 1.80. The predicted octanol–water partition coefficient (Wildman–Crippen LogP) is 4.03. The Hall–Kier alpha value is -2.73. The molecule has 3 aromatic rings. The molecule has 0 spiro atoms. The summed E-state index contributed by atoms with van der Waals surface area (Å²) < 4.78 is 18.6. The van der Waals surface area contributed by atoms with Gasteiger partial charge in [-0.2, -0.15) is 0 Å². The Kier molecular flexibility index (Phi) is 4.63. The fraction of sp³-hybridized carbons (Fsp3) is 0.0588. The first kappa shape index (κ1) is 15.2. The van der Waals surface area contributed by atoms with Gasteiger partial charge in [0.2, 0.25) is 0 Å². The molecular weight excluding hydrogens is 315 g/mol. The molecule has 23 heavy (non-hydrogen) atoms. The number of hydrogen-bond donors (Lipinski definition) is 0. The molecule has 4 nitrogen and oxygen atoms in total. The number of thiazole rings is 1. The van der Waals surface area contributed by atoms with Crippen LogP contribution in [0.2, 0.25) is 0 Å². The summed E-state index contributed by atoms with van der Waals surface area (Å²) in [6.07, 6.45) is 1.61. The predicted molar refractivity (Wildman–Crippen MR) is 87.6 cm³/mol. The van der Waals surface area contributed by atoms with Crippen LogP contribution in [-0.4, -0.2) is 17.5 Å². The first-order valence-electron chi connectivity index (χ1n) is 6.90. The molecule has 0 fully saturated rings. The van der Waals surface area contributed by atoms with E-state index in [1.54, 1.807) is 23.7 Å². The van der Waals surface area contributed by atoms with Crippen molar-refractivity contribution in [3.63, 3.8) is 0 Å². The molecule has 0 unspecified atom stereocenters. The Bertz CT molecular complexity index is 761. The van der Waals surface area contributed by atoms with Gasteiger partial charge in [0.25, 0.3) is 5.91 Å². The van der Waals surface area contributed by atoms with E-state index in [2.05, 4.69) is 4.98 Å². The lowest BCUT2D eigenvalue weighted by molar-refractivity contribution is -0.119. The van der Waals surface area contributed by atoms with Crippen LogP contribution in [-0.2, 0) is 4.79 Å². The minimum atomic E-state index is -0.360. The van der Waals surface area contributed by atoms with Crippen LogP contribution in [0.25, 0.3) is 0 Å². The first-order chi connectivity index (χ1) is 11.2. The molecular formula is C17H13FN2O2S. The van der Waals surface area contributed by atoms with E-state index in [1.165, 1.54) is 40.5 Å². The van der Waals surface area contributed by atoms with E-state index < -0.39 is 0 Å². The SMILES string of the molecule is O=C(COc1ccccc1)N(c1ccc(F)cc1)c1nccs1. The number of nitrogens with zero attached hydrogens (tertiary/aromatic N) is 2. The fourth-order valence-corrected chi connectivity index (χ4v) is 2.68. The smallest absolute Gasteiger partial charge is 0.271 e. The summed E-state index contributed by atoms with van der Waals surface area (Å²) >= 11 is 1.32. The summed E-state index contributed by atoms with van der Waals surface area (Å²) in [5.74, 6) is -0.0321. The number of aromatic nitrogens is 1. The van der Waals surface area contributed by atoms with Gasteiger partial charge in [-0.25, -0.2) is 9.37 Å². The topological polar surface area (TPSA) is 42.4 Å². The third-order valence-electron chi connectivity index (χ3n) is 3.05. The average molecular weight is 328 g/mol. The van der Waals surface area contributed by atoms with Crippen molar-refractivity contribution in [1.82, 2.24) is 4.98 Å². The minimum Gasteiger partial charge on any atom is -0.484 e. The number of benzene rings is 2. The fourth-order valence-electron chi connectivity index (χ4n) is 2.00. The van der Waals surface area contributed by atoms with Gasteiger partial charge in [-0.1, -0.05) is 18.2 Å². The lowest BCUT2D eigenvalue weighted by Crippen LogP contribution is -2.30. The maximum absolute atomic E-state index is 13.1. The van der Waals surface area contributed by atoms with Crippen LogP contribution in [0, 0.1) is 5.82 Å². The molecule has 0 saturated heterocycles. The molecule has 2 aromatic carbocycles. The van der Waals surface area contributed by atoms with Gasteiger partial charge in [-0.3, -0.25) is 9.69 Å². The highest BCUT2D eigenvalue weighted by Gasteiger charge is 2.20. The Morgan fingerprint density at radius 1 is 1.13 bits per heavy atom. The molecule has 0 aliphatic heterocycles. The molecule has 0 aliphatic carbocycles. The molecule has 1 heterocycles. The molecule has 6 heteroatoms. The van der Waals surface area contributed by atoms with Crippen molar-refractivity contribution in [3.8, 4) is 5.75 Å². The number of para-hydroxylation sites is 1. The summed E-state index contributed by atoms with van der Waals surface area (Å²) in [6.45, 7) is -0.138. The van der Waals surface area contributed by atoms with Crippen LogP contribution in [0.5, 0.6) is 5.75 Å². The largest absolute Gasteiger partial charge is 0.484 e. The molecule has 0 bridgehead atoms. The summed E-state index contributed by atoms with van der Waals surface area (Å²) in [5.41, 5.74) is 0.544. The van der Waals surface area contributed by atoms with E-state index in [1.807, 2.05) is 18.2 Å². The normalized spacial score (nSPS) is 10.3. The summed E-state index contributed by atoms with van der Waals surface area (Å²) in [6, 6.07) is 14.8. The van der Waals surface area contributed by atoms with Gasteiger partial charge < -0.3 is 4.74 Å². The van der Waals surface area contributed by atoms with E-state index in [0.29, 0.717) is 16.6 Å². The highest BCUT2D eigenvalue weighted by molar-refractivity contribution is 7.13. The second kappa shape index (κ2) is 7.02. The molecule has 0 aliphatic rings. The molecule has 116 valence electrons. The van der Waals surface area contributed by atoms with Crippen LogP contribution < -0.4 is 9.64 Å². The van der Waals surface area contributed by atoms with Crippen molar-refractivity contribution >= 4 is 28.1 Å². The van der Waals surface area contributed by atoms with Crippen molar-refractivity contribution in [2.75, 3.05) is 11.5 Å². The summed E-state index contributed by atoms with van der Waals surface area (Å²) in [7, 11) is 0.